The average molecular weight is 857 g/mol. The van der Waals surface area contributed by atoms with Crippen LogP contribution in [-0.4, -0.2) is 66.3 Å². The molecule has 10 heteroatoms. The molecule has 0 aromatic rings. The van der Waals surface area contributed by atoms with Gasteiger partial charge in [0.1, 0.15) is 12.2 Å². The molecule has 0 aromatic heterocycles. The highest BCUT2D eigenvalue weighted by molar-refractivity contribution is 7.47. The van der Waals surface area contributed by atoms with Crippen molar-refractivity contribution < 1.29 is 43.0 Å². The first-order chi connectivity index (χ1) is 28.8. The van der Waals surface area contributed by atoms with Gasteiger partial charge in [0, 0.05) is 13.0 Å². The molecule has 0 fully saturated rings. The van der Waals surface area contributed by atoms with Crippen LogP contribution in [0.4, 0.5) is 0 Å². The van der Waals surface area contributed by atoms with E-state index in [0.717, 1.165) is 57.8 Å². The molecule has 0 amide bonds. The van der Waals surface area contributed by atoms with Crippen LogP contribution in [0.15, 0.2) is 36.5 Å². The van der Waals surface area contributed by atoms with Crippen LogP contribution in [0.1, 0.15) is 226 Å². The molecular weight excluding hydrogens is 764 g/mol. The van der Waals surface area contributed by atoms with Gasteiger partial charge in [-0.25, -0.2) is 4.57 Å². The maximum atomic E-state index is 12.7. The van der Waals surface area contributed by atoms with Crippen LogP contribution in [0.5, 0.6) is 0 Å². The molecule has 0 aliphatic rings. The summed E-state index contributed by atoms with van der Waals surface area (Å²) >= 11 is 0. The van der Waals surface area contributed by atoms with E-state index in [0.29, 0.717) is 6.61 Å². The fourth-order valence-electron chi connectivity index (χ4n) is 6.79. The predicted octanol–water partition coefficient (Wildman–Crippen LogP) is 14.0. The lowest BCUT2D eigenvalue weighted by molar-refractivity contribution is -0.154. The first-order valence-electron chi connectivity index (χ1n) is 24.5. The molecule has 0 spiro atoms. The molecule has 0 saturated carbocycles. The minimum atomic E-state index is -4.52. The Labute approximate surface area is 363 Å². The topological polar surface area (TPSA) is 132 Å². The average Bonchev–Trinajstić information content (AvgIpc) is 3.23. The van der Waals surface area contributed by atoms with Gasteiger partial charge in [-0.2, -0.15) is 0 Å². The first kappa shape index (κ1) is 57.7. The number of phosphoric acid groups is 1. The molecule has 0 rings (SSSR count). The van der Waals surface area contributed by atoms with Gasteiger partial charge in [0.05, 0.1) is 26.4 Å². The zero-order valence-corrected chi connectivity index (χ0v) is 39.1. The van der Waals surface area contributed by atoms with Gasteiger partial charge < -0.3 is 24.6 Å². The monoisotopic (exact) mass is 857 g/mol. The number of carbonyl (C=O) groups is 1. The second-order valence-electron chi connectivity index (χ2n) is 16.5. The maximum Gasteiger partial charge on any atom is 0.472 e. The number of carbonyl (C=O) groups excluding carboxylic acids is 1. The smallest absolute Gasteiger partial charge is 0.457 e. The second-order valence-corrected chi connectivity index (χ2v) is 17.9. The van der Waals surface area contributed by atoms with Crippen molar-refractivity contribution in [1.82, 2.24) is 0 Å². The van der Waals surface area contributed by atoms with Crippen LogP contribution < -0.4 is 0 Å². The molecule has 0 aliphatic heterocycles. The molecule has 9 nitrogen and oxygen atoms in total. The molecule has 0 aliphatic carbocycles. The fourth-order valence-corrected chi connectivity index (χ4v) is 7.58. The Hall–Kier alpha value is -1.32. The Morgan fingerprint density at radius 2 is 0.915 bits per heavy atom. The Balaban J connectivity index is 4.11. The summed E-state index contributed by atoms with van der Waals surface area (Å²) in [6.45, 7) is 3.52. The highest BCUT2D eigenvalue weighted by Gasteiger charge is 2.26. The van der Waals surface area contributed by atoms with Crippen LogP contribution in [-0.2, 0) is 27.9 Å². The summed E-state index contributed by atoms with van der Waals surface area (Å²) in [4.78, 5) is 22.7. The van der Waals surface area contributed by atoms with Crippen LogP contribution in [0.25, 0.3) is 0 Å². The minimum absolute atomic E-state index is 0.0466. The lowest BCUT2D eigenvalue weighted by atomic mass is 10.1. The van der Waals surface area contributed by atoms with Crippen molar-refractivity contribution in [3.05, 3.63) is 36.5 Å². The predicted molar refractivity (Wildman–Crippen MR) is 247 cm³/mol. The molecule has 59 heavy (non-hydrogen) atoms. The van der Waals surface area contributed by atoms with Gasteiger partial charge in [0.2, 0.25) is 0 Å². The van der Waals surface area contributed by atoms with E-state index < -0.39 is 33.2 Å². The largest absolute Gasteiger partial charge is 0.472 e. The normalized spacial score (nSPS) is 14.2. The van der Waals surface area contributed by atoms with Gasteiger partial charge in [-0.1, -0.05) is 185 Å². The molecule has 0 saturated heterocycles. The van der Waals surface area contributed by atoms with Gasteiger partial charge >= 0.3 is 13.8 Å². The van der Waals surface area contributed by atoms with Crippen molar-refractivity contribution in [3.8, 4) is 0 Å². The zero-order chi connectivity index (χ0) is 43.2. The van der Waals surface area contributed by atoms with E-state index >= 15 is 0 Å². The van der Waals surface area contributed by atoms with E-state index in [1.165, 1.54) is 148 Å². The first-order valence-corrected chi connectivity index (χ1v) is 26.0. The van der Waals surface area contributed by atoms with E-state index in [1.807, 2.05) is 0 Å². The van der Waals surface area contributed by atoms with Crippen molar-refractivity contribution in [3.63, 3.8) is 0 Å². The van der Waals surface area contributed by atoms with Crippen LogP contribution in [0.3, 0.4) is 0 Å². The van der Waals surface area contributed by atoms with Crippen LogP contribution >= 0.6 is 7.82 Å². The molecule has 3 N–H and O–H groups in total. The molecule has 348 valence electrons. The summed E-state index contributed by atoms with van der Waals surface area (Å²) in [6.07, 6.45) is 51.0. The Morgan fingerprint density at radius 1 is 0.525 bits per heavy atom. The summed E-state index contributed by atoms with van der Waals surface area (Å²) in [7, 11) is -4.52. The van der Waals surface area contributed by atoms with Crippen molar-refractivity contribution >= 4 is 13.8 Å². The van der Waals surface area contributed by atoms with E-state index in [4.69, 9.17) is 23.6 Å². The lowest BCUT2D eigenvalue weighted by Gasteiger charge is -2.20. The van der Waals surface area contributed by atoms with E-state index in [1.54, 1.807) is 0 Å². The van der Waals surface area contributed by atoms with Gasteiger partial charge in [-0.3, -0.25) is 13.8 Å². The lowest BCUT2D eigenvalue weighted by Crippen LogP contribution is -2.29. The van der Waals surface area contributed by atoms with Crippen LogP contribution in [0.2, 0.25) is 0 Å². The van der Waals surface area contributed by atoms with Crippen molar-refractivity contribution in [2.24, 2.45) is 0 Å². The standard InChI is InChI=1S/C49H93O9P/c1-3-5-7-9-11-13-15-17-19-21-23-24-26-28-30-32-34-36-38-40-42-55-45-48(46-57-59(53,54)56-44-47(51)43-50)58-49(52)41-39-37-35-33-31-29-27-25-22-20-18-16-14-12-10-8-6-4-2/h14,16-17,19-20,22,47-48,50-51H,3-13,15,18,21,23-46H2,1-2H3,(H,53,54)/b16-14-,19-17-,22-20-. The van der Waals surface area contributed by atoms with E-state index in [2.05, 4.69) is 50.3 Å². The van der Waals surface area contributed by atoms with Gasteiger partial charge in [-0.15, -0.1) is 0 Å². The van der Waals surface area contributed by atoms with E-state index in [9.17, 15) is 19.4 Å². The summed E-state index contributed by atoms with van der Waals surface area (Å²) in [5.41, 5.74) is 0. The molecule has 3 unspecified atom stereocenters. The third kappa shape index (κ3) is 46.0. The number of hydrogen-bond donors (Lipinski definition) is 3. The SMILES string of the molecule is CCCCCC/C=C\C/C=C\CCCCCCCCCC(=O)OC(COCCCCCCCCCCCC/C=C\CCCCCCCC)COP(=O)(O)OCC(O)CO. The fraction of sp³-hybridized carbons (Fsp3) is 0.857. The Bertz CT molecular complexity index is 1020. The van der Waals surface area contributed by atoms with Gasteiger partial charge in [0.25, 0.3) is 0 Å². The number of aliphatic hydroxyl groups is 2. The second kappa shape index (κ2) is 46.2. The van der Waals surface area contributed by atoms with Gasteiger partial charge in [0.15, 0.2) is 0 Å². The van der Waals surface area contributed by atoms with Crippen molar-refractivity contribution in [2.75, 3.05) is 33.0 Å². The van der Waals surface area contributed by atoms with E-state index in [-0.39, 0.29) is 25.6 Å². The summed E-state index contributed by atoms with van der Waals surface area (Å²) in [5, 5.41) is 18.4. The highest BCUT2D eigenvalue weighted by Crippen LogP contribution is 2.43. The number of allylic oxidation sites excluding steroid dienone is 6. The molecule has 0 radical (unpaired) electrons. The number of rotatable bonds is 47. The van der Waals surface area contributed by atoms with Crippen molar-refractivity contribution in [2.45, 2.75) is 238 Å². The third-order valence-corrected chi connectivity index (χ3v) is 11.5. The third-order valence-electron chi connectivity index (χ3n) is 10.5. The molecule has 0 aromatic carbocycles. The molecular formula is C49H93O9P. The van der Waals surface area contributed by atoms with Crippen molar-refractivity contribution in [1.29, 1.82) is 0 Å². The number of aliphatic hydroxyl groups excluding tert-OH is 2. The van der Waals surface area contributed by atoms with Crippen LogP contribution in [0, 0.1) is 0 Å². The number of hydrogen-bond acceptors (Lipinski definition) is 8. The van der Waals surface area contributed by atoms with Gasteiger partial charge in [-0.05, 0) is 70.6 Å². The maximum absolute atomic E-state index is 12.7. The molecule has 0 heterocycles. The molecule has 3 atom stereocenters. The summed E-state index contributed by atoms with van der Waals surface area (Å²) in [6, 6.07) is 0. The Morgan fingerprint density at radius 3 is 1.39 bits per heavy atom. The number of esters is 1. The summed E-state index contributed by atoms with van der Waals surface area (Å²) < 4.78 is 33.5. The number of ether oxygens (including phenoxy) is 2. The number of unbranched alkanes of at least 4 members (excludes halogenated alkanes) is 27. The quantitative estimate of drug-likeness (QED) is 0.0237. The minimum Gasteiger partial charge on any atom is -0.457 e. The molecule has 0 bridgehead atoms. The Kier molecular flexibility index (Phi) is 45.2. The highest BCUT2D eigenvalue weighted by atomic mass is 31.2. The number of phosphoric ester groups is 1. The zero-order valence-electron chi connectivity index (χ0n) is 38.2. The summed E-state index contributed by atoms with van der Waals surface area (Å²) in [5.74, 6) is -0.389.